The quantitative estimate of drug-likeness (QED) is 0.818. The van der Waals surface area contributed by atoms with Crippen LogP contribution in [0.4, 0.5) is 0 Å². The Morgan fingerprint density at radius 3 is 2.54 bits per heavy atom. The molecule has 1 aromatic rings. The minimum atomic E-state index is 0.0487. The van der Waals surface area contributed by atoms with Gasteiger partial charge in [0.1, 0.15) is 0 Å². The van der Waals surface area contributed by atoms with Crippen molar-refractivity contribution in [3.8, 4) is 0 Å². The maximum atomic E-state index is 8.81. The molecule has 0 bridgehead atoms. The molecule has 3 N–H and O–H groups in total. The average Bonchev–Trinajstić information content (AvgIpc) is 2.14. The van der Waals surface area contributed by atoms with Crippen molar-refractivity contribution in [1.82, 2.24) is 0 Å². The van der Waals surface area contributed by atoms with E-state index in [1.54, 1.807) is 6.07 Å². The molecule has 13 heavy (non-hydrogen) atoms. The lowest BCUT2D eigenvalue weighted by atomic mass is 10.1. The Morgan fingerprint density at radius 1 is 1.31 bits per heavy atom. The summed E-state index contributed by atoms with van der Waals surface area (Å²) < 4.78 is 0. The third-order valence-electron chi connectivity index (χ3n) is 1.87. The van der Waals surface area contributed by atoms with E-state index < -0.39 is 0 Å². The number of rotatable bonds is 3. The summed E-state index contributed by atoms with van der Waals surface area (Å²) in [5.41, 5.74) is 7.30. The van der Waals surface area contributed by atoms with Gasteiger partial charge in [-0.25, -0.2) is 0 Å². The summed E-state index contributed by atoms with van der Waals surface area (Å²) >= 11 is 11.8. The molecule has 0 aliphatic rings. The van der Waals surface area contributed by atoms with E-state index >= 15 is 0 Å². The molecular formula is C9H11Cl2NO. The number of halogens is 2. The number of hydrogen-bond donors (Lipinski definition) is 2. The smallest absolute Gasteiger partial charge is 0.0628 e. The second-order valence-electron chi connectivity index (χ2n) is 2.68. The molecular weight excluding hydrogens is 209 g/mol. The lowest BCUT2D eigenvalue weighted by Gasteiger charge is -2.09. The molecule has 0 atom stereocenters. The third-order valence-corrected chi connectivity index (χ3v) is 2.72. The maximum Gasteiger partial charge on any atom is 0.0628 e. The molecule has 0 heterocycles. The molecule has 0 unspecified atom stereocenters. The van der Waals surface area contributed by atoms with E-state index in [1.807, 2.05) is 6.07 Å². The van der Waals surface area contributed by atoms with Crippen LogP contribution in [0, 0.1) is 0 Å². The first-order valence-corrected chi connectivity index (χ1v) is 4.73. The normalized spacial score (nSPS) is 10.5. The highest BCUT2D eigenvalue weighted by molar-refractivity contribution is 6.42. The van der Waals surface area contributed by atoms with Gasteiger partial charge in [-0.1, -0.05) is 29.3 Å². The molecule has 0 aliphatic heterocycles. The minimum Gasteiger partial charge on any atom is -0.396 e. The van der Waals surface area contributed by atoms with Gasteiger partial charge in [0.25, 0.3) is 0 Å². The SMILES string of the molecule is NCc1ccc(Cl)c(Cl)c1CCO. The fourth-order valence-corrected chi connectivity index (χ4v) is 1.66. The van der Waals surface area contributed by atoms with E-state index in [0.717, 1.165) is 11.1 Å². The summed E-state index contributed by atoms with van der Waals surface area (Å²) in [6.07, 6.45) is 0.492. The van der Waals surface area contributed by atoms with Gasteiger partial charge in [0.15, 0.2) is 0 Å². The number of aliphatic hydroxyl groups excluding tert-OH is 1. The molecule has 0 spiro atoms. The molecule has 0 aliphatic carbocycles. The molecule has 0 radical (unpaired) electrons. The van der Waals surface area contributed by atoms with Crippen molar-refractivity contribution in [2.75, 3.05) is 6.61 Å². The van der Waals surface area contributed by atoms with Crippen molar-refractivity contribution in [2.45, 2.75) is 13.0 Å². The highest BCUT2D eigenvalue weighted by Gasteiger charge is 2.08. The van der Waals surface area contributed by atoms with Gasteiger partial charge in [-0.15, -0.1) is 0 Å². The van der Waals surface area contributed by atoms with Gasteiger partial charge in [-0.05, 0) is 23.6 Å². The topological polar surface area (TPSA) is 46.2 Å². The predicted molar refractivity (Wildman–Crippen MR) is 55.1 cm³/mol. The van der Waals surface area contributed by atoms with Gasteiger partial charge in [0.05, 0.1) is 10.0 Å². The second-order valence-corrected chi connectivity index (χ2v) is 3.46. The Morgan fingerprint density at radius 2 is 2.00 bits per heavy atom. The molecule has 1 aromatic carbocycles. The van der Waals surface area contributed by atoms with Gasteiger partial charge in [-0.3, -0.25) is 0 Å². The van der Waals surface area contributed by atoms with Gasteiger partial charge >= 0.3 is 0 Å². The molecule has 72 valence electrons. The fraction of sp³-hybridized carbons (Fsp3) is 0.333. The van der Waals surface area contributed by atoms with Crippen LogP contribution in [0.15, 0.2) is 12.1 Å². The summed E-state index contributed by atoms with van der Waals surface area (Å²) in [5.74, 6) is 0. The summed E-state index contributed by atoms with van der Waals surface area (Å²) in [6.45, 7) is 0.458. The van der Waals surface area contributed by atoms with Crippen LogP contribution >= 0.6 is 23.2 Å². The van der Waals surface area contributed by atoms with Gasteiger partial charge in [0.2, 0.25) is 0 Å². The van der Waals surface area contributed by atoms with Crippen molar-refractivity contribution >= 4 is 23.2 Å². The average molecular weight is 220 g/mol. The Hall–Kier alpha value is -0.280. The first-order chi connectivity index (χ1) is 6.20. The van der Waals surface area contributed by atoms with E-state index in [1.165, 1.54) is 0 Å². The van der Waals surface area contributed by atoms with Gasteiger partial charge < -0.3 is 10.8 Å². The molecule has 4 heteroatoms. The summed E-state index contributed by atoms with van der Waals surface area (Å²) in [5, 5.41) is 9.81. The Bertz CT molecular complexity index is 302. The van der Waals surface area contributed by atoms with Crippen LogP contribution in [0.2, 0.25) is 10.0 Å². The fourth-order valence-electron chi connectivity index (χ4n) is 1.21. The Labute approximate surface area is 87.3 Å². The van der Waals surface area contributed by atoms with E-state index in [2.05, 4.69) is 0 Å². The molecule has 0 fully saturated rings. The Balaban J connectivity index is 3.15. The molecule has 0 saturated carbocycles. The zero-order valence-corrected chi connectivity index (χ0v) is 8.57. The van der Waals surface area contributed by atoms with Crippen LogP contribution in [0.1, 0.15) is 11.1 Å². The summed E-state index contributed by atoms with van der Waals surface area (Å²) in [7, 11) is 0. The summed E-state index contributed by atoms with van der Waals surface area (Å²) in [6, 6.07) is 3.55. The maximum absolute atomic E-state index is 8.81. The molecule has 0 amide bonds. The lowest BCUT2D eigenvalue weighted by Crippen LogP contribution is -2.04. The van der Waals surface area contributed by atoms with Crippen LogP contribution in [0.3, 0.4) is 0 Å². The first kappa shape index (κ1) is 10.8. The van der Waals surface area contributed by atoms with E-state index in [9.17, 15) is 0 Å². The van der Waals surface area contributed by atoms with E-state index in [4.69, 9.17) is 34.0 Å². The zero-order valence-electron chi connectivity index (χ0n) is 7.06. The van der Waals surface area contributed by atoms with Crippen molar-refractivity contribution in [1.29, 1.82) is 0 Å². The largest absolute Gasteiger partial charge is 0.396 e. The summed E-state index contributed by atoms with van der Waals surface area (Å²) in [4.78, 5) is 0. The monoisotopic (exact) mass is 219 g/mol. The molecule has 0 saturated heterocycles. The zero-order chi connectivity index (χ0) is 9.84. The second kappa shape index (κ2) is 4.82. The molecule has 1 rings (SSSR count). The molecule has 0 aromatic heterocycles. The number of nitrogens with two attached hydrogens (primary N) is 1. The van der Waals surface area contributed by atoms with Crippen LogP contribution in [0.5, 0.6) is 0 Å². The van der Waals surface area contributed by atoms with Crippen LogP contribution in [-0.2, 0) is 13.0 Å². The van der Waals surface area contributed by atoms with Crippen molar-refractivity contribution < 1.29 is 5.11 Å². The molecule has 2 nitrogen and oxygen atoms in total. The predicted octanol–water partition coefficient (Wildman–Crippen LogP) is 1.99. The van der Waals surface area contributed by atoms with Crippen molar-refractivity contribution in [3.63, 3.8) is 0 Å². The lowest BCUT2D eigenvalue weighted by molar-refractivity contribution is 0.299. The van der Waals surface area contributed by atoms with Crippen molar-refractivity contribution in [3.05, 3.63) is 33.3 Å². The van der Waals surface area contributed by atoms with Crippen LogP contribution < -0.4 is 5.73 Å². The van der Waals surface area contributed by atoms with Gasteiger partial charge in [0, 0.05) is 13.2 Å². The third kappa shape index (κ3) is 2.35. The van der Waals surface area contributed by atoms with E-state index in [0.29, 0.717) is 23.0 Å². The Kier molecular flexibility index (Phi) is 4.00. The van der Waals surface area contributed by atoms with Crippen LogP contribution in [-0.4, -0.2) is 11.7 Å². The standard InChI is InChI=1S/C9H11Cl2NO/c10-8-2-1-6(5-12)7(3-4-13)9(8)11/h1-2,13H,3-5,12H2. The number of aliphatic hydroxyl groups is 1. The van der Waals surface area contributed by atoms with Gasteiger partial charge in [-0.2, -0.15) is 0 Å². The number of benzene rings is 1. The van der Waals surface area contributed by atoms with Crippen LogP contribution in [0.25, 0.3) is 0 Å². The highest BCUT2D eigenvalue weighted by Crippen LogP contribution is 2.28. The van der Waals surface area contributed by atoms with Crippen molar-refractivity contribution in [2.24, 2.45) is 5.73 Å². The van der Waals surface area contributed by atoms with E-state index in [-0.39, 0.29) is 6.61 Å². The first-order valence-electron chi connectivity index (χ1n) is 3.97. The highest BCUT2D eigenvalue weighted by atomic mass is 35.5. The minimum absolute atomic E-state index is 0.0487. The number of hydrogen-bond acceptors (Lipinski definition) is 2.